The maximum atomic E-state index is 6.20. The van der Waals surface area contributed by atoms with Gasteiger partial charge in [-0.1, -0.05) is 36.4 Å². The number of pyridine rings is 1. The number of nitrogens with two attached hydrogens (primary N) is 1. The van der Waals surface area contributed by atoms with Crippen LogP contribution in [0.4, 0.5) is 17.2 Å². The van der Waals surface area contributed by atoms with Crippen molar-refractivity contribution in [3.8, 4) is 11.6 Å². The van der Waals surface area contributed by atoms with Crippen molar-refractivity contribution in [2.24, 2.45) is 0 Å². The zero-order chi connectivity index (χ0) is 18.6. The van der Waals surface area contributed by atoms with Crippen molar-refractivity contribution in [3.05, 3.63) is 72.7 Å². The Hall–Kier alpha value is -3.87. The number of para-hydroxylation sites is 2. The molecule has 0 spiro atoms. The molecule has 0 amide bonds. The van der Waals surface area contributed by atoms with Crippen LogP contribution in [0.1, 0.15) is 5.69 Å². The molecule has 0 radical (unpaired) electrons. The molecule has 7 heteroatoms. The maximum absolute atomic E-state index is 6.20. The molecule has 4 N–H and O–H groups in total. The van der Waals surface area contributed by atoms with Gasteiger partial charge in [-0.2, -0.15) is 4.98 Å². The van der Waals surface area contributed by atoms with Crippen molar-refractivity contribution >= 4 is 28.1 Å². The number of nitrogens with one attached hydrogen (secondary N) is 2. The summed E-state index contributed by atoms with van der Waals surface area (Å²) in [5.74, 6) is 1.27. The van der Waals surface area contributed by atoms with Gasteiger partial charge in [0.2, 0.25) is 5.88 Å². The molecule has 0 atom stereocenters. The fourth-order valence-electron chi connectivity index (χ4n) is 2.62. The first-order valence-corrected chi connectivity index (χ1v) is 8.42. The standard InChI is InChI=1S/C20H18N6O/c1-13-10-11-14-6-5-9-16(18(14)24-13)27-20-17(21)19(22-12-23-20)26-25-15-7-3-2-4-8-15/h2-12,25H,21H2,1H3,(H,22,23,26). The monoisotopic (exact) mass is 358 g/mol. The van der Waals surface area contributed by atoms with Gasteiger partial charge in [-0.15, -0.1) is 0 Å². The number of aryl methyl sites for hydroxylation is 1. The average molecular weight is 358 g/mol. The van der Waals surface area contributed by atoms with Crippen LogP contribution in [0.15, 0.2) is 67.0 Å². The van der Waals surface area contributed by atoms with Crippen molar-refractivity contribution < 1.29 is 4.74 Å². The fourth-order valence-corrected chi connectivity index (χ4v) is 2.62. The van der Waals surface area contributed by atoms with Gasteiger partial charge in [-0.05, 0) is 31.2 Å². The number of rotatable bonds is 5. The maximum Gasteiger partial charge on any atom is 0.248 e. The third-order valence-corrected chi connectivity index (χ3v) is 3.98. The summed E-state index contributed by atoms with van der Waals surface area (Å²) < 4.78 is 5.96. The summed E-state index contributed by atoms with van der Waals surface area (Å²) in [5, 5.41) is 0.981. The van der Waals surface area contributed by atoms with Crippen LogP contribution in [0.3, 0.4) is 0 Å². The van der Waals surface area contributed by atoms with E-state index in [1.165, 1.54) is 6.33 Å². The summed E-state index contributed by atoms with van der Waals surface area (Å²) in [5.41, 5.74) is 15.1. The number of hydrogen-bond donors (Lipinski definition) is 3. The van der Waals surface area contributed by atoms with Crippen LogP contribution >= 0.6 is 0 Å². The predicted octanol–water partition coefficient (Wildman–Crippen LogP) is 4.15. The zero-order valence-corrected chi connectivity index (χ0v) is 14.7. The smallest absolute Gasteiger partial charge is 0.248 e. The minimum absolute atomic E-state index is 0.262. The van der Waals surface area contributed by atoms with Crippen molar-refractivity contribution in [2.45, 2.75) is 6.92 Å². The van der Waals surface area contributed by atoms with Gasteiger partial charge in [0.05, 0.1) is 5.69 Å². The first kappa shape index (κ1) is 16.6. The number of benzene rings is 2. The van der Waals surface area contributed by atoms with Gasteiger partial charge in [-0.25, -0.2) is 9.97 Å². The molecule has 27 heavy (non-hydrogen) atoms. The summed E-state index contributed by atoms with van der Waals surface area (Å²) in [4.78, 5) is 12.9. The summed E-state index contributed by atoms with van der Waals surface area (Å²) in [7, 11) is 0. The van der Waals surface area contributed by atoms with E-state index in [9.17, 15) is 0 Å². The molecule has 0 aliphatic carbocycles. The highest BCUT2D eigenvalue weighted by Crippen LogP contribution is 2.32. The lowest BCUT2D eigenvalue weighted by Gasteiger charge is -2.13. The van der Waals surface area contributed by atoms with Crippen LogP contribution in [0.25, 0.3) is 10.9 Å². The zero-order valence-electron chi connectivity index (χ0n) is 14.7. The molecule has 0 aliphatic rings. The lowest BCUT2D eigenvalue weighted by Crippen LogP contribution is -2.12. The molecule has 4 rings (SSSR count). The molecule has 2 heterocycles. The molecule has 2 aromatic heterocycles. The van der Waals surface area contributed by atoms with Crippen LogP contribution in [-0.2, 0) is 0 Å². The first-order valence-electron chi connectivity index (χ1n) is 8.42. The molecule has 134 valence electrons. The highest BCUT2D eigenvalue weighted by molar-refractivity contribution is 5.85. The van der Waals surface area contributed by atoms with Gasteiger partial charge in [0.1, 0.15) is 17.5 Å². The Morgan fingerprint density at radius 1 is 0.889 bits per heavy atom. The quantitative estimate of drug-likeness (QED) is 0.461. The molecule has 0 aliphatic heterocycles. The van der Waals surface area contributed by atoms with Crippen LogP contribution in [-0.4, -0.2) is 15.0 Å². The molecule has 0 bridgehead atoms. The third-order valence-electron chi connectivity index (χ3n) is 3.98. The Morgan fingerprint density at radius 3 is 2.59 bits per heavy atom. The van der Waals surface area contributed by atoms with Gasteiger partial charge in [0, 0.05) is 11.1 Å². The van der Waals surface area contributed by atoms with Crippen molar-refractivity contribution in [1.29, 1.82) is 0 Å². The van der Waals surface area contributed by atoms with Crippen LogP contribution in [0.5, 0.6) is 11.6 Å². The lowest BCUT2D eigenvalue weighted by atomic mass is 10.2. The molecule has 0 unspecified atom stereocenters. The normalized spacial score (nSPS) is 10.6. The number of aromatic nitrogens is 3. The lowest BCUT2D eigenvalue weighted by molar-refractivity contribution is 0.468. The second-order valence-electron chi connectivity index (χ2n) is 5.94. The fraction of sp³-hybridized carbons (Fsp3) is 0.0500. The van der Waals surface area contributed by atoms with Gasteiger partial charge >= 0.3 is 0 Å². The van der Waals surface area contributed by atoms with Crippen LogP contribution in [0.2, 0.25) is 0 Å². The van der Waals surface area contributed by atoms with Crippen molar-refractivity contribution in [2.75, 3.05) is 16.6 Å². The number of nitrogens with zero attached hydrogens (tertiary/aromatic N) is 3. The third kappa shape index (κ3) is 3.57. The van der Waals surface area contributed by atoms with E-state index in [1.807, 2.05) is 67.6 Å². The van der Waals surface area contributed by atoms with Gasteiger partial charge in [-0.3, -0.25) is 10.9 Å². The van der Waals surface area contributed by atoms with E-state index in [-0.39, 0.29) is 5.88 Å². The number of hydrazine groups is 1. The highest BCUT2D eigenvalue weighted by Gasteiger charge is 2.12. The number of ether oxygens (including phenoxy) is 1. The molecule has 2 aromatic carbocycles. The second kappa shape index (κ2) is 7.17. The summed E-state index contributed by atoms with van der Waals surface area (Å²) in [6, 6.07) is 19.3. The minimum atomic E-state index is 0.262. The molecular formula is C20H18N6O. The molecule has 0 fully saturated rings. The molecular weight excluding hydrogens is 340 g/mol. The second-order valence-corrected chi connectivity index (χ2v) is 5.94. The SMILES string of the molecule is Cc1ccc2cccc(Oc3ncnc(NNc4ccccc4)c3N)c2n1. The van der Waals surface area contributed by atoms with E-state index < -0.39 is 0 Å². The van der Waals surface area contributed by atoms with E-state index >= 15 is 0 Å². The van der Waals surface area contributed by atoms with E-state index in [0.717, 1.165) is 22.3 Å². The van der Waals surface area contributed by atoms with Crippen molar-refractivity contribution in [3.63, 3.8) is 0 Å². The number of nitrogen functional groups attached to an aromatic ring is 1. The van der Waals surface area contributed by atoms with E-state index in [2.05, 4.69) is 25.8 Å². The summed E-state index contributed by atoms with van der Waals surface area (Å²) >= 11 is 0. The van der Waals surface area contributed by atoms with Gasteiger partial charge in [0.15, 0.2) is 11.6 Å². The largest absolute Gasteiger partial charge is 0.435 e. The Labute approximate surface area is 156 Å². The number of hydrogen-bond acceptors (Lipinski definition) is 7. The Balaban J connectivity index is 1.61. The molecule has 0 saturated carbocycles. The number of anilines is 3. The van der Waals surface area contributed by atoms with Gasteiger partial charge in [0.25, 0.3) is 0 Å². The van der Waals surface area contributed by atoms with E-state index in [0.29, 0.717) is 17.3 Å². The van der Waals surface area contributed by atoms with Gasteiger partial charge < -0.3 is 10.5 Å². The molecule has 4 aromatic rings. The van der Waals surface area contributed by atoms with Crippen molar-refractivity contribution in [1.82, 2.24) is 15.0 Å². The Morgan fingerprint density at radius 2 is 1.74 bits per heavy atom. The Kier molecular flexibility index (Phi) is 4.40. The first-order chi connectivity index (χ1) is 13.2. The van der Waals surface area contributed by atoms with Crippen LogP contribution < -0.4 is 21.3 Å². The molecule has 7 nitrogen and oxygen atoms in total. The summed E-state index contributed by atoms with van der Waals surface area (Å²) in [6.45, 7) is 1.94. The predicted molar refractivity (Wildman–Crippen MR) is 107 cm³/mol. The topological polar surface area (TPSA) is 98.0 Å². The van der Waals surface area contributed by atoms with Crippen LogP contribution in [0, 0.1) is 6.92 Å². The number of fused-ring (bicyclic) bond motifs is 1. The average Bonchev–Trinajstić information content (AvgIpc) is 2.70. The molecule has 0 saturated heterocycles. The summed E-state index contributed by atoms with van der Waals surface area (Å²) in [6.07, 6.45) is 1.39. The minimum Gasteiger partial charge on any atom is -0.435 e. The van der Waals surface area contributed by atoms with E-state index in [4.69, 9.17) is 10.5 Å². The highest BCUT2D eigenvalue weighted by atomic mass is 16.5. The Bertz CT molecular complexity index is 1080. The van der Waals surface area contributed by atoms with E-state index in [1.54, 1.807) is 0 Å².